The van der Waals surface area contributed by atoms with E-state index >= 15 is 0 Å². The molecule has 0 aliphatic heterocycles. The average molecular weight is 382 g/mol. The summed E-state index contributed by atoms with van der Waals surface area (Å²) in [4.78, 5) is 16.8. The van der Waals surface area contributed by atoms with E-state index in [9.17, 15) is 4.79 Å². The lowest BCUT2D eigenvalue weighted by Gasteiger charge is -2.61. The Bertz CT molecular complexity index is 737. The van der Waals surface area contributed by atoms with E-state index in [1.165, 1.54) is 37.7 Å². The van der Waals surface area contributed by atoms with Gasteiger partial charge in [-0.1, -0.05) is 33.3 Å². The van der Waals surface area contributed by atoms with Crippen LogP contribution in [0.1, 0.15) is 72.6 Å². The molecule has 0 spiro atoms. The highest BCUT2D eigenvalue weighted by Crippen LogP contribution is 2.82. The molecule has 0 heterocycles. The number of aliphatic imine (C=N–C) groups is 1. The third-order valence-electron chi connectivity index (χ3n) is 10.7. The number of rotatable bonds is 3. The number of carbonyl (C=O) groups is 1. The van der Waals surface area contributed by atoms with Crippen molar-refractivity contribution in [1.82, 2.24) is 0 Å². The van der Waals surface area contributed by atoms with Crippen molar-refractivity contribution in [3.8, 4) is 0 Å². The maximum Gasteiger partial charge on any atom is 0.155 e. The highest BCUT2D eigenvalue weighted by atomic mass is 16.1. The number of ketones is 1. The lowest BCUT2D eigenvalue weighted by atomic mass is 9.43. The van der Waals surface area contributed by atoms with Gasteiger partial charge in [0, 0.05) is 25.1 Å². The van der Waals surface area contributed by atoms with Gasteiger partial charge in [-0.3, -0.25) is 4.79 Å². The van der Waals surface area contributed by atoms with E-state index in [4.69, 9.17) is 0 Å². The number of fused-ring (bicyclic) bond motifs is 7. The van der Waals surface area contributed by atoms with E-state index in [0.29, 0.717) is 22.5 Å². The van der Waals surface area contributed by atoms with Crippen molar-refractivity contribution in [2.45, 2.75) is 72.6 Å². The Labute approximate surface area is 171 Å². The lowest BCUT2D eigenvalue weighted by molar-refractivity contribution is -0.117. The quantitative estimate of drug-likeness (QED) is 0.554. The van der Waals surface area contributed by atoms with Crippen molar-refractivity contribution in [3.05, 3.63) is 11.6 Å². The van der Waals surface area contributed by atoms with Gasteiger partial charge in [-0.25, -0.2) is 0 Å². The van der Waals surface area contributed by atoms with E-state index in [1.807, 2.05) is 7.05 Å². The van der Waals surface area contributed by atoms with Gasteiger partial charge < -0.3 is 4.99 Å². The molecular weight excluding hydrogens is 342 g/mol. The van der Waals surface area contributed by atoms with E-state index in [-0.39, 0.29) is 0 Å². The second-order valence-corrected chi connectivity index (χ2v) is 11.1. The minimum atomic E-state index is 0.328. The van der Waals surface area contributed by atoms with Crippen LogP contribution in [0.5, 0.6) is 0 Å². The summed E-state index contributed by atoms with van der Waals surface area (Å²) in [7, 11) is 2.00. The van der Waals surface area contributed by atoms with Crippen LogP contribution in [0, 0.1) is 58.2 Å². The fourth-order valence-electron chi connectivity index (χ4n) is 9.96. The molecule has 5 aliphatic rings. The second kappa shape index (κ2) is 6.29. The smallest absolute Gasteiger partial charge is 0.155 e. The van der Waals surface area contributed by atoms with Crippen LogP contribution in [-0.2, 0) is 4.79 Å². The average Bonchev–Trinajstić information content (AvgIpc) is 3.26. The van der Waals surface area contributed by atoms with Crippen LogP contribution in [-0.4, -0.2) is 19.0 Å². The summed E-state index contributed by atoms with van der Waals surface area (Å²) in [6.07, 6.45) is 12.9. The molecule has 0 aromatic heterocycles. The summed E-state index contributed by atoms with van der Waals surface area (Å²) in [6, 6.07) is 0. The first kappa shape index (κ1) is 19.1. The zero-order valence-corrected chi connectivity index (χ0v) is 18.6. The van der Waals surface area contributed by atoms with E-state index in [1.54, 1.807) is 0 Å². The molecule has 10 atom stereocenters. The highest BCUT2D eigenvalue weighted by Gasteiger charge is 2.78. The van der Waals surface area contributed by atoms with Crippen molar-refractivity contribution in [2.24, 2.45) is 63.2 Å². The van der Waals surface area contributed by atoms with Gasteiger partial charge in [0.2, 0.25) is 0 Å². The number of hydrogen-bond donors (Lipinski definition) is 0. The molecule has 2 heteroatoms. The van der Waals surface area contributed by atoms with Crippen molar-refractivity contribution >= 4 is 12.0 Å². The highest BCUT2D eigenvalue weighted by molar-refractivity contribution is 5.91. The van der Waals surface area contributed by atoms with Crippen LogP contribution < -0.4 is 0 Å². The molecule has 2 nitrogen and oxygen atoms in total. The van der Waals surface area contributed by atoms with Crippen LogP contribution in [0.2, 0.25) is 0 Å². The first-order chi connectivity index (χ1) is 13.5. The molecule has 0 radical (unpaired) electrons. The number of carbonyl (C=O) groups excluding carboxylic acids is 1. The van der Waals surface area contributed by atoms with Gasteiger partial charge in [0.05, 0.1) is 0 Å². The summed E-state index contributed by atoms with van der Waals surface area (Å²) in [5.74, 6) is 7.05. The first-order valence-electron chi connectivity index (χ1n) is 12.1. The molecule has 0 bridgehead atoms. The topological polar surface area (TPSA) is 29.4 Å². The van der Waals surface area contributed by atoms with Gasteiger partial charge >= 0.3 is 0 Å². The molecule has 10 unspecified atom stereocenters. The summed E-state index contributed by atoms with van der Waals surface area (Å²) in [6.45, 7) is 9.97. The molecule has 4 fully saturated rings. The largest absolute Gasteiger partial charge is 0.300 e. The minimum absolute atomic E-state index is 0.328. The van der Waals surface area contributed by atoms with E-state index in [2.05, 4.69) is 45.0 Å². The zero-order valence-electron chi connectivity index (χ0n) is 18.6. The maximum absolute atomic E-state index is 12.1. The van der Waals surface area contributed by atoms with E-state index in [0.717, 1.165) is 54.3 Å². The normalized spacial score (nSPS) is 54.6. The molecule has 28 heavy (non-hydrogen) atoms. The maximum atomic E-state index is 12.1. The molecule has 154 valence electrons. The Hall–Kier alpha value is -0.920. The summed E-state index contributed by atoms with van der Waals surface area (Å²) < 4.78 is 0. The van der Waals surface area contributed by atoms with Gasteiger partial charge in [-0.2, -0.15) is 0 Å². The van der Waals surface area contributed by atoms with Gasteiger partial charge in [-0.15, -0.1) is 0 Å². The number of nitrogens with zero attached hydrogens (tertiary/aromatic N) is 1. The van der Waals surface area contributed by atoms with E-state index < -0.39 is 0 Å². The molecule has 0 aromatic carbocycles. The van der Waals surface area contributed by atoms with Crippen LogP contribution in [0.25, 0.3) is 0 Å². The Morgan fingerprint density at radius 3 is 2.61 bits per heavy atom. The Morgan fingerprint density at radius 2 is 1.93 bits per heavy atom. The molecule has 0 amide bonds. The second-order valence-electron chi connectivity index (χ2n) is 11.1. The van der Waals surface area contributed by atoms with Crippen LogP contribution in [0.4, 0.5) is 0 Å². The Morgan fingerprint density at radius 1 is 1.14 bits per heavy atom. The molecule has 0 aromatic rings. The standard InChI is InChI=1S/C26H39NO/c1-6-25-11-10-20-19-9-8-18(28)13-17(19)12-15(3)21(20)24(25)22-16(4)23(22)26(25,7-2)14-27-5/h13-16,19-24H,6-12H2,1-5H3. The van der Waals surface area contributed by atoms with Gasteiger partial charge in [0.15, 0.2) is 5.78 Å². The van der Waals surface area contributed by atoms with Crippen molar-refractivity contribution in [3.63, 3.8) is 0 Å². The van der Waals surface area contributed by atoms with Crippen molar-refractivity contribution in [1.29, 1.82) is 0 Å². The molecule has 5 aliphatic carbocycles. The number of allylic oxidation sites excluding steroid dienone is 1. The Kier molecular flexibility index (Phi) is 4.28. The van der Waals surface area contributed by atoms with Gasteiger partial charge in [0.1, 0.15) is 0 Å². The summed E-state index contributed by atoms with van der Waals surface area (Å²) >= 11 is 0. The van der Waals surface area contributed by atoms with Crippen LogP contribution in [0.3, 0.4) is 0 Å². The number of hydrogen-bond acceptors (Lipinski definition) is 2. The SMILES string of the molecule is CCC1(C=NC)C2C(C)C2C2C3C(C)CC4=CC(=O)CCC4C3CCC21CC. The zero-order chi connectivity index (χ0) is 19.8. The summed E-state index contributed by atoms with van der Waals surface area (Å²) in [5, 5.41) is 0. The van der Waals surface area contributed by atoms with Crippen LogP contribution >= 0.6 is 0 Å². The monoisotopic (exact) mass is 381 g/mol. The minimum Gasteiger partial charge on any atom is -0.300 e. The van der Waals surface area contributed by atoms with Gasteiger partial charge in [0.25, 0.3) is 0 Å². The van der Waals surface area contributed by atoms with Crippen molar-refractivity contribution in [2.75, 3.05) is 7.05 Å². The van der Waals surface area contributed by atoms with Crippen LogP contribution in [0.15, 0.2) is 16.6 Å². The molecule has 0 saturated heterocycles. The molecular formula is C26H39NO. The van der Waals surface area contributed by atoms with Crippen molar-refractivity contribution < 1.29 is 4.79 Å². The molecule has 4 saturated carbocycles. The third kappa shape index (κ3) is 2.11. The fourth-order valence-corrected chi connectivity index (χ4v) is 9.96. The predicted octanol–water partition coefficient (Wildman–Crippen LogP) is 5.96. The lowest BCUT2D eigenvalue weighted by Crippen LogP contribution is -2.55. The molecule has 5 rings (SSSR count). The fraction of sp³-hybridized carbons (Fsp3) is 0.846. The molecule has 0 N–H and O–H groups in total. The van der Waals surface area contributed by atoms with Gasteiger partial charge in [-0.05, 0) is 97.4 Å². The Balaban J connectivity index is 1.59. The first-order valence-corrected chi connectivity index (χ1v) is 12.1. The summed E-state index contributed by atoms with van der Waals surface area (Å²) in [5.41, 5.74) is 2.31. The predicted molar refractivity (Wildman–Crippen MR) is 115 cm³/mol. The third-order valence-corrected chi connectivity index (χ3v) is 10.7.